The van der Waals surface area contributed by atoms with Crippen LogP contribution in [0.1, 0.15) is 65.7 Å². The van der Waals surface area contributed by atoms with Crippen LogP contribution in [0.2, 0.25) is 0 Å². The van der Waals surface area contributed by atoms with Gasteiger partial charge >= 0.3 is 6.09 Å². The Balaban J connectivity index is 4.05. The zero-order chi connectivity index (χ0) is 12.4. The van der Waals surface area contributed by atoms with Crippen molar-refractivity contribution in [3.05, 3.63) is 0 Å². The lowest BCUT2D eigenvalue weighted by Crippen LogP contribution is -2.24. The average molecular weight is 229 g/mol. The lowest BCUT2D eigenvalue weighted by molar-refractivity contribution is 0.0849. The standard InChI is InChI=1S/C13H27NO2/c1-4-7-9-11(8-5-2)10-12(6-3)16-13(14)15/h11-12H,4-10H2,1-3H3,(H2,14,15). The van der Waals surface area contributed by atoms with Gasteiger partial charge in [-0.15, -0.1) is 0 Å². The van der Waals surface area contributed by atoms with Gasteiger partial charge in [-0.3, -0.25) is 0 Å². The van der Waals surface area contributed by atoms with Crippen molar-refractivity contribution in [3.63, 3.8) is 0 Å². The van der Waals surface area contributed by atoms with Crippen LogP contribution in [0, 0.1) is 5.92 Å². The van der Waals surface area contributed by atoms with Crippen LogP contribution in [-0.2, 0) is 4.74 Å². The van der Waals surface area contributed by atoms with Crippen molar-refractivity contribution in [1.82, 2.24) is 0 Å². The van der Waals surface area contributed by atoms with Gasteiger partial charge in [0.05, 0.1) is 0 Å². The fourth-order valence-corrected chi connectivity index (χ4v) is 2.12. The molecule has 1 amide bonds. The van der Waals surface area contributed by atoms with Gasteiger partial charge in [0, 0.05) is 0 Å². The van der Waals surface area contributed by atoms with E-state index in [9.17, 15) is 4.79 Å². The summed E-state index contributed by atoms with van der Waals surface area (Å²) >= 11 is 0. The van der Waals surface area contributed by atoms with Gasteiger partial charge in [-0.05, 0) is 18.8 Å². The second-order valence-electron chi connectivity index (χ2n) is 4.50. The van der Waals surface area contributed by atoms with Crippen LogP contribution in [-0.4, -0.2) is 12.2 Å². The zero-order valence-electron chi connectivity index (χ0n) is 11.0. The summed E-state index contributed by atoms with van der Waals surface area (Å²) in [5, 5.41) is 0. The average Bonchev–Trinajstić information content (AvgIpc) is 2.24. The van der Waals surface area contributed by atoms with E-state index in [1.807, 2.05) is 6.92 Å². The second-order valence-corrected chi connectivity index (χ2v) is 4.50. The molecule has 2 N–H and O–H groups in total. The number of carbonyl (C=O) groups excluding carboxylic acids is 1. The molecule has 3 heteroatoms. The number of ether oxygens (including phenoxy) is 1. The van der Waals surface area contributed by atoms with Crippen molar-refractivity contribution in [1.29, 1.82) is 0 Å². The normalized spacial score (nSPS) is 14.4. The summed E-state index contributed by atoms with van der Waals surface area (Å²) in [7, 11) is 0. The van der Waals surface area contributed by atoms with Gasteiger partial charge in [0.2, 0.25) is 0 Å². The van der Waals surface area contributed by atoms with Crippen LogP contribution in [0.5, 0.6) is 0 Å². The molecule has 0 aliphatic carbocycles. The molecular formula is C13H27NO2. The smallest absolute Gasteiger partial charge is 0.404 e. The summed E-state index contributed by atoms with van der Waals surface area (Å²) < 4.78 is 5.10. The lowest BCUT2D eigenvalue weighted by Gasteiger charge is -2.21. The number of hydrogen-bond donors (Lipinski definition) is 1. The molecule has 0 saturated heterocycles. The molecule has 0 aromatic rings. The van der Waals surface area contributed by atoms with Gasteiger partial charge in [0.1, 0.15) is 6.10 Å². The third-order valence-corrected chi connectivity index (χ3v) is 3.00. The maximum absolute atomic E-state index is 10.7. The van der Waals surface area contributed by atoms with Crippen LogP contribution in [0.3, 0.4) is 0 Å². The number of amides is 1. The van der Waals surface area contributed by atoms with E-state index in [0.29, 0.717) is 5.92 Å². The van der Waals surface area contributed by atoms with E-state index in [2.05, 4.69) is 13.8 Å². The molecule has 0 radical (unpaired) electrons. The van der Waals surface area contributed by atoms with Gasteiger partial charge in [-0.2, -0.15) is 0 Å². The van der Waals surface area contributed by atoms with Crippen LogP contribution >= 0.6 is 0 Å². The fraction of sp³-hybridized carbons (Fsp3) is 0.923. The number of hydrogen-bond acceptors (Lipinski definition) is 2. The maximum atomic E-state index is 10.7. The Morgan fingerprint density at radius 1 is 1.19 bits per heavy atom. The molecule has 0 saturated carbocycles. The first-order valence-electron chi connectivity index (χ1n) is 6.60. The molecule has 0 heterocycles. The Morgan fingerprint density at radius 2 is 1.88 bits per heavy atom. The molecule has 0 aromatic carbocycles. The highest BCUT2D eigenvalue weighted by Crippen LogP contribution is 2.22. The molecule has 0 fully saturated rings. The summed E-state index contributed by atoms with van der Waals surface area (Å²) in [6.45, 7) is 6.45. The van der Waals surface area contributed by atoms with Crippen molar-refractivity contribution in [2.45, 2.75) is 71.8 Å². The molecule has 2 atom stereocenters. The van der Waals surface area contributed by atoms with E-state index in [1.54, 1.807) is 0 Å². The predicted molar refractivity (Wildman–Crippen MR) is 67.3 cm³/mol. The third kappa shape index (κ3) is 7.55. The summed E-state index contributed by atoms with van der Waals surface area (Å²) in [6, 6.07) is 0. The number of carbonyl (C=O) groups is 1. The first-order chi connectivity index (χ1) is 7.63. The van der Waals surface area contributed by atoms with Crippen LogP contribution < -0.4 is 5.73 Å². The minimum absolute atomic E-state index is 0.00547. The fourth-order valence-electron chi connectivity index (χ4n) is 2.12. The van der Waals surface area contributed by atoms with Crippen LogP contribution in [0.15, 0.2) is 0 Å². The number of nitrogens with two attached hydrogens (primary N) is 1. The Morgan fingerprint density at radius 3 is 2.31 bits per heavy atom. The highest BCUT2D eigenvalue weighted by Gasteiger charge is 2.16. The SMILES string of the molecule is CCCCC(CCC)CC(CC)OC(N)=O. The number of unbranched alkanes of at least 4 members (excludes halogenated alkanes) is 1. The van der Waals surface area contributed by atoms with E-state index < -0.39 is 6.09 Å². The molecule has 2 unspecified atom stereocenters. The van der Waals surface area contributed by atoms with E-state index in [1.165, 1.54) is 32.1 Å². The zero-order valence-corrected chi connectivity index (χ0v) is 11.0. The molecule has 0 rings (SSSR count). The third-order valence-electron chi connectivity index (χ3n) is 3.00. The summed E-state index contributed by atoms with van der Waals surface area (Å²) in [5.41, 5.74) is 5.06. The first kappa shape index (κ1) is 15.3. The van der Waals surface area contributed by atoms with Gasteiger partial charge < -0.3 is 10.5 Å². The number of primary amides is 1. The van der Waals surface area contributed by atoms with Crippen molar-refractivity contribution >= 4 is 6.09 Å². The molecule has 3 nitrogen and oxygen atoms in total. The van der Waals surface area contributed by atoms with E-state index in [0.717, 1.165) is 12.8 Å². The van der Waals surface area contributed by atoms with Crippen molar-refractivity contribution in [3.8, 4) is 0 Å². The minimum atomic E-state index is -0.641. The molecule has 0 bridgehead atoms. The molecule has 0 aromatic heterocycles. The molecule has 0 aliphatic heterocycles. The van der Waals surface area contributed by atoms with Gasteiger partial charge in [-0.25, -0.2) is 4.79 Å². The molecule has 16 heavy (non-hydrogen) atoms. The maximum Gasteiger partial charge on any atom is 0.404 e. The minimum Gasteiger partial charge on any atom is -0.446 e. The van der Waals surface area contributed by atoms with Crippen LogP contribution in [0.4, 0.5) is 4.79 Å². The molecule has 0 aliphatic rings. The Labute approximate surface area is 99.7 Å². The van der Waals surface area contributed by atoms with E-state index >= 15 is 0 Å². The monoisotopic (exact) mass is 229 g/mol. The van der Waals surface area contributed by atoms with E-state index in [-0.39, 0.29) is 6.10 Å². The topological polar surface area (TPSA) is 52.3 Å². The largest absolute Gasteiger partial charge is 0.446 e. The van der Waals surface area contributed by atoms with E-state index in [4.69, 9.17) is 10.5 Å². The van der Waals surface area contributed by atoms with Crippen molar-refractivity contribution in [2.24, 2.45) is 11.7 Å². The highest BCUT2D eigenvalue weighted by atomic mass is 16.6. The summed E-state index contributed by atoms with van der Waals surface area (Å²) in [4.78, 5) is 10.7. The Hall–Kier alpha value is -0.730. The van der Waals surface area contributed by atoms with Crippen LogP contribution in [0.25, 0.3) is 0 Å². The molecule has 0 spiro atoms. The highest BCUT2D eigenvalue weighted by molar-refractivity contribution is 5.64. The van der Waals surface area contributed by atoms with Gasteiger partial charge in [-0.1, -0.05) is 52.9 Å². The van der Waals surface area contributed by atoms with Crippen molar-refractivity contribution in [2.75, 3.05) is 0 Å². The summed E-state index contributed by atoms with van der Waals surface area (Å²) in [6.07, 6.45) is 7.33. The van der Waals surface area contributed by atoms with Gasteiger partial charge in [0.15, 0.2) is 0 Å². The lowest BCUT2D eigenvalue weighted by atomic mass is 9.90. The Bertz CT molecular complexity index is 183. The number of rotatable bonds is 9. The second kappa shape index (κ2) is 9.49. The van der Waals surface area contributed by atoms with Gasteiger partial charge in [0.25, 0.3) is 0 Å². The quantitative estimate of drug-likeness (QED) is 0.652. The predicted octanol–water partition coefficient (Wildman–Crippen LogP) is 3.86. The molecule has 96 valence electrons. The summed E-state index contributed by atoms with van der Waals surface area (Å²) in [5.74, 6) is 0.675. The molecular weight excluding hydrogens is 202 g/mol. The first-order valence-corrected chi connectivity index (χ1v) is 6.60. The Kier molecular flexibility index (Phi) is 9.06. The van der Waals surface area contributed by atoms with Crippen molar-refractivity contribution < 1.29 is 9.53 Å².